The molecule has 0 saturated carbocycles. The average molecular weight is 504 g/mol. The van der Waals surface area contributed by atoms with E-state index in [4.69, 9.17) is 9.47 Å². The molecular weight excluding hydrogens is 470 g/mol. The summed E-state index contributed by atoms with van der Waals surface area (Å²) in [4.78, 5) is 17.2. The van der Waals surface area contributed by atoms with Crippen LogP contribution in [0.1, 0.15) is 60.5 Å². The van der Waals surface area contributed by atoms with Crippen LogP contribution in [0.2, 0.25) is 0 Å². The minimum absolute atomic E-state index is 0.392. The fourth-order valence-electron chi connectivity index (χ4n) is 3.79. The van der Waals surface area contributed by atoms with Crippen molar-refractivity contribution in [3.8, 4) is 11.5 Å². The third kappa shape index (κ3) is 7.29. The van der Waals surface area contributed by atoms with Crippen molar-refractivity contribution in [2.24, 2.45) is 0 Å². The number of para-hydroxylation sites is 1. The number of nitrogens with zero attached hydrogens (tertiary/aromatic N) is 1. The van der Waals surface area contributed by atoms with Crippen LogP contribution in [0.4, 0.5) is 5.13 Å². The zero-order chi connectivity index (χ0) is 25.2. The van der Waals surface area contributed by atoms with Crippen LogP contribution in [-0.4, -0.2) is 17.6 Å². The highest BCUT2D eigenvalue weighted by atomic mass is 32.1. The summed E-state index contributed by atoms with van der Waals surface area (Å²) in [7, 11) is 0. The van der Waals surface area contributed by atoms with Crippen molar-refractivity contribution < 1.29 is 14.3 Å². The predicted octanol–water partition coefficient (Wildman–Crippen LogP) is 7.29. The summed E-state index contributed by atoms with van der Waals surface area (Å²) in [5.74, 6) is 0.887. The second kappa shape index (κ2) is 13.0. The van der Waals surface area contributed by atoms with Crippen LogP contribution in [0.5, 0.6) is 11.5 Å². The lowest BCUT2D eigenvalue weighted by Crippen LogP contribution is -2.21. The minimum Gasteiger partial charge on any atom is -0.494 e. The van der Waals surface area contributed by atoms with Gasteiger partial charge in [-0.1, -0.05) is 62.1 Å². The number of unbranched alkanes of at least 4 members (excludes halogenated alkanes) is 4. The summed E-state index contributed by atoms with van der Waals surface area (Å²) in [5.41, 5.74) is 9.96. The van der Waals surface area contributed by atoms with Gasteiger partial charge in [0.1, 0.15) is 11.5 Å². The van der Waals surface area contributed by atoms with E-state index in [2.05, 4.69) is 28.8 Å². The van der Waals surface area contributed by atoms with Gasteiger partial charge in [0.25, 0.3) is 0 Å². The van der Waals surface area contributed by atoms with Gasteiger partial charge < -0.3 is 9.47 Å². The molecule has 4 aromatic rings. The summed E-state index contributed by atoms with van der Waals surface area (Å²) in [6.45, 7) is 5.49. The highest BCUT2D eigenvalue weighted by Gasteiger charge is 2.11. The van der Waals surface area contributed by atoms with Gasteiger partial charge in [0.15, 0.2) is 5.13 Å². The topological polar surface area (TPSA) is 72.5 Å². The van der Waals surface area contributed by atoms with E-state index in [1.54, 1.807) is 23.5 Å². The molecule has 0 saturated heterocycles. The number of hydrazine groups is 1. The zero-order valence-electron chi connectivity index (χ0n) is 20.9. The molecule has 0 spiro atoms. The van der Waals surface area contributed by atoms with Crippen molar-refractivity contribution in [1.29, 1.82) is 0 Å². The van der Waals surface area contributed by atoms with Crippen LogP contribution in [0.15, 0.2) is 66.7 Å². The molecule has 36 heavy (non-hydrogen) atoms. The molecule has 0 aliphatic rings. The molecule has 1 heterocycles. The number of hydrogen-bond donors (Lipinski definition) is 2. The Balaban J connectivity index is 1.27. The minimum atomic E-state index is -0.392. The van der Waals surface area contributed by atoms with Crippen LogP contribution in [0, 0.1) is 6.92 Å². The van der Waals surface area contributed by atoms with Gasteiger partial charge in [0.05, 0.1) is 22.4 Å². The van der Waals surface area contributed by atoms with Crippen LogP contribution in [0.25, 0.3) is 10.2 Å². The first-order valence-corrected chi connectivity index (χ1v) is 13.3. The Morgan fingerprint density at radius 3 is 2.53 bits per heavy atom. The number of carbonyl (C=O) groups excluding carboxylic acids is 1. The Morgan fingerprint density at radius 1 is 0.944 bits per heavy atom. The maximum atomic E-state index is 12.7. The quantitative estimate of drug-likeness (QED) is 0.0864. The maximum absolute atomic E-state index is 12.7. The van der Waals surface area contributed by atoms with Crippen molar-refractivity contribution in [3.05, 3.63) is 83.4 Å². The molecule has 0 aliphatic heterocycles. The number of thiazole rings is 1. The number of esters is 1. The molecule has 0 atom stereocenters. The van der Waals surface area contributed by atoms with Crippen LogP contribution < -0.4 is 20.3 Å². The van der Waals surface area contributed by atoms with E-state index < -0.39 is 5.97 Å². The zero-order valence-corrected chi connectivity index (χ0v) is 21.7. The molecular formula is C29H33N3O3S. The van der Waals surface area contributed by atoms with Gasteiger partial charge in [-0.3, -0.25) is 5.43 Å². The summed E-state index contributed by atoms with van der Waals surface area (Å²) in [6, 6.07) is 20.8. The smallest absolute Gasteiger partial charge is 0.343 e. The van der Waals surface area contributed by atoms with E-state index in [1.807, 2.05) is 55.5 Å². The standard InChI is InChI=1S/C29H33N3O3S/c1-3-4-5-6-9-18-34-24-16-13-22(14-17-24)28(33)35-25-15-12-21(2)23(19-25)20-30-32-29-31-26-10-7-8-11-27(26)36-29/h7-8,10-17,19,30H,3-6,9,18,20H2,1-2H3,(H,31,32). The van der Waals surface area contributed by atoms with E-state index in [-0.39, 0.29) is 0 Å². The van der Waals surface area contributed by atoms with E-state index in [0.717, 1.165) is 38.6 Å². The molecule has 1 aromatic heterocycles. The highest BCUT2D eigenvalue weighted by Crippen LogP contribution is 2.25. The lowest BCUT2D eigenvalue weighted by molar-refractivity contribution is 0.0734. The number of aromatic nitrogens is 1. The van der Waals surface area contributed by atoms with Crippen molar-refractivity contribution in [3.63, 3.8) is 0 Å². The largest absolute Gasteiger partial charge is 0.494 e. The average Bonchev–Trinajstić information content (AvgIpc) is 3.31. The number of ether oxygens (including phenoxy) is 2. The monoisotopic (exact) mass is 503 g/mol. The molecule has 0 unspecified atom stereocenters. The molecule has 2 N–H and O–H groups in total. The Bertz CT molecular complexity index is 1240. The predicted molar refractivity (Wildman–Crippen MR) is 147 cm³/mol. The molecule has 0 aliphatic carbocycles. The van der Waals surface area contributed by atoms with E-state index in [0.29, 0.717) is 24.5 Å². The summed E-state index contributed by atoms with van der Waals surface area (Å²) in [5, 5.41) is 0.806. The van der Waals surface area contributed by atoms with E-state index in [9.17, 15) is 4.79 Å². The highest BCUT2D eigenvalue weighted by molar-refractivity contribution is 7.22. The van der Waals surface area contributed by atoms with Crippen molar-refractivity contribution in [2.75, 3.05) is 12.0 Å². The summed E-state index contributed by atoms with van der Waals surface area (Å²) in [6.07, 6.45) is 5.99. The number of fused-ring (bicyclic) bond motifs is 1. The van der Waals surface area contributed by atoms with Gasteiger partial charge in [0, 0.05) is 6.54 Å². The number of benzene rings is 3. The van der Waals surface area contributed by atoms with Gasteiger partial charge in [-0.05, 0) is 73.0 Å². The first kappa shape index (κ1) is 25.7. The third-order valence-corrected chi connectivity index (χ3v) is 6.86. The number of aryl methyl sites for hydroxylation is 1. The van der Waals surface area contributed by atoms with Gasteiger partial charge in [-0.15, -0.1) is 0 Å². The van der Waals surface area contributed by atoms with Crippen LogP contribution in [0.3, 0.4) is 0 Å². The Morgan fingerprint density at radius 2 is 1.72 bits per heavy atom. The SMILES string of the molecule is CCCCCCCOc1ccc(C(=O)Oc2ccc(C)c(CNNc3nc4ccccc4s3)c2)cc1. The van der Waals surface area contributed by atoms with Crippen molar-refractivity contribution in [1.82, 2.24) is 10.4 Å². The maximum Gasteiger partial charge on any atom is 0.343 e. The fraction of sp³-hybridized carbons (Fsp3) is 0.310. The van der Waals surface area contributed by atoms with Gasteiger partial charge >= 0.3 is 5.97 Å². The molecule has 0 bridgehead atoms. The van der Waals surface area contributed by atoms with Crippen LogP contribution in [-0.2, 0) is 6.54 Å². The van der Waals surface area contributed by atoms with Gasteiger partial charge in [-0.2, -0.15) is 0 Å². The molecule has 188 valence electrons. The molecule has 6 nitrogen and oxygen atoms in total. The first-order chi connectivity index (χ1) is 17.6. The lowest BCUT2D eigenvalue weighted by atomic mass is 10.1. The summed E-state index contributed by atoms with van der Waals surface area (Å²) >= 11 is 1.59. The second-order valence-electron chi connectivity index (χ2n) is 8.73. The fourth-order valence-corrected chi connectivity index (χ4v) is 4.63. The molecule has 4 rings (SSSR count). The number of rotatable bonds is 13. The van der Waals surface area contributed by atoms with Crippen molar-refractivity contribution in [2.45, 2.75) is 52.5 Å². The van der Waals surface area contributed by atoms with E-state index >= 15 is 0 Å². The molecule has 0 radical (unpaired) electrons. The first-order valence-electron chi connectivity index (χ1n) is 12.5. The van der Waals surface area contributed by atoms with Gasteiger partial charge in [-0.25, -0.2) is 15.2 Å². The molecule has 0 amide bonds. The molecule has 7 heteroatoms. The molecule has 0 fully saturated rings. The van der Waals surface area contributed by atoms with E-state index in [1.165, 1.54) is 25.7 Å². The Kier molecular flexibility index (Phi) is 9.30. The Labute approximate surface area is 216 Å². The third-order valence-electron chi connectivity index (χ3n) is 5.91. The second-order valence-corrected chi connectivity index (χ2v) is 9.76. The Hall–Kier alpha value is -3.42. The molecule has 3 aromatic carbocycles. The number of anilines is 1. The summed E-state index contributed by atoms with van der Waals surface area (Å²) < 4.78 is 12.6. The number of nitrogens with one attached hydrogen (secondary N) is 2. The van der Waals surface area contributed by atoms with Crippen LogP contribution >= 0.6 is 11.3 Å². The lowest BCUT2D eigenvalue weighted by Gasteiger charge is -2.11. The number of carbonyl (C=O) groups is 1. The van der Waals surface area contributed by atoms with Crippen molar-refractivity contribution >= 4 is 32.7 Å². The normalized spacial score (nSPS) is 10.9. The van der Waals surface area contributed by atoms with Gasteiger partial charge in [0.2, 0.25) is 0 Å². The number of hydrogen-bond acceptors (Lipinski definition) is 7.